The molecule has 96 valence electrons. The van der Waals surface area contributed by atoms with Crippen LogP contribution in [0.3, 0.4) is 0 Å². The molecule has 0 amide bonds. The highest BCUT2D eigenvalue weighted by Crippen LogP contribution is 2.27. The minimum absolute atomic E-state index is 0.112. The SMILES string of the molecule is Cn1ncc(Br)c1C(CCC1CCCO1)NN. The van der Waals surface area contributed by atoms with Gasteiger partial charge in [0, 0.05) is 13.7 Å². The number of nitrogens with zero attached hydrogens (tertiary/aromatic N) is 2. The third-order valence-electron chi connectivity index (χ3n) is 3.27. The highest BCUT2D eigenvalue weighted by atomic mass is 79.9. The maximum Gasteiger partial charge on any atom is 0.0705 e. The molecule has 1 aromatic rings. The van der Waals surface area contributed by atoms with E-state index in [1.54, 1.807) is 6.20 Å². The Morgan fingerprint density at radius 1 is 1.76 bits per heavy atom. The van der Waals surface area contributed by atoms with Crippen LogP contribution >= 0.6 is 15.9 Å². The maximum absolute atomic E-state index is 5.63. The zero-order valence-electron chi connectivity index (χ0n) is 10.0. The third-order valence-corrected chi connectivity index (χ3v) is 3.88. The summed E-state index contributed by atoms with van der Waals surface area (Å²) in [5, 5.41) is 4.21. The number of nitrogens with two attached hydrogens (primary N) is 1. The van der Waals surface area contributed by atoms with Crippen LogP contribution in [0.2, 0.25) is 0 Å². The molecule has 1 aliphatic rings. The number of hydrogen-bond acceptors (Lipinski definition) is 4. The van der Waals surface area contributed by atoms with Gasteiger partial charge in [0.15, 0.2) is 0 Å². The van der Waals surface area contributed by atoms with Crippen LogP contribution in [0.25, 0.3) is 0 Å². The average Bonchev–Trinajstić information content (AvgIpc) is 2.93. The fraction of sp³-hybridized carbons (Fsp3) is 0.727. The minimum atomic E-state index is 0.112. The molecule has 1 saturated heterocycles. The number of nitrogens with one attached hydrogen (secondary N) is 1. The van der Waals surface area contributed by atoms with Crippen molar-refractivity contribution < 1.29 is 4.74 Å². The van der Waals surface area contributed by atoms with E-state index in [0.717, 1.165) is 29.6 Å². The van der Waals surface area contributed by atoms with E-state index in [1.165, 1.54) is 12.8 Å². The first-order valence-electron chi connectivity index (χ1n) is 5.97. The van der Waals surface area contributed by atoms with Gasteiger partial charge >= 0.3 is 0 Å². The Morgan fingerprint density at radius 2 is 2.59 bits per heavy atom. The minimum Gasteiger partial charge on any atom is -0.378 e. The number of hydrogen-bond donors (Lipinski definition) is 2. The molecule has 0 radical (unpaired) electrons. The lowest BCUT2D eigenvalue weighted by Crippen LogP contribution is -2.30. The molecule has 6 heteroatoms. The second kappa shape index (κ2) is 5.95. The van der Waals surface area contributed by atoms with Crippen molar-refractivity contribution in [1.29, 1.82) is 0 Å². The molecule has 0 spiro atoms. The zero-order valence-corrected chi connectivity index (χ0v) is 11.6. The van der Waals surface area contributed by atoms with Crippen LogP contribution in [0, 0.1) is 0 Å². The van der Waals surface area contributed by atoms with Gasteiger partial charge in [0.25, 0.3) is 0 Å². The smallest absolute Gasteiger partial charge is 0.0705 e. The molecule has 0 aromatic carbocycles. The van der Waals surface area contributed by atoms with Crippen molar-refractivity contribution in [2.24, 2.45) is 12.9 Å². The highest BCUT2D eigenvalue weighted by molar-refractivity contribution is 9.10. The number of halogens is 1. The van der Waals surface area contributed by atoms with E-state index in [1.807, 2.05) is 11.7 Å². The summed E-state index contributed by atoms with van der Waals surface area (Å²) in [5.74, 6) is 5.63. The summed E-state index contributed by atoms with van der Waals surface area (Å²) in [6.45, 7) is 0.904. The average molecular weight is 303 g/mol. The largest absolute Gasteiger partial charge is 0.378 e. The Balaban J connectivity index is 1.96. The normalized spacial score (nSPS) is 21.9. The van der Waals surface area contributed by atoms with Crippen LogP contribution in [0.5, 0.6) is 0 Å². The van der Waals surface area contributed by atoms with Gasteiger partial charge in [-0.1, -0.05) is 0 Å². The van der Waals surface area contributed by atoms with Gasteiger partial charge in [0.1, 0.15) is 0 Å². The molecule has 0 aliphatic carbocycles. The lowest BCUT2D eigenvalue weighted by molar-refractivity contribution is 0.0993. The van der Waals surface area contributed by atoms with Crippen molar-refractivity contribution in [3.63, 3.8) is 0 Å². The van der Waals surface area contributed by atoms with Gasteiger partial charge in [-0.3, -0.25) is 16.0 Å². The van der Waals surface area contributed by atoms with Gasteiger partial charge < -0.3 is 4.74 Å². The molecule has 2 unspecified atom stereocenters. The van der Waals surface area contributed by atoms with Crippen LogP contribution in [-0.2, 0) is 11.8 Å². The fourth-order valence-corrected chi connectivity index (χ4v) is 2.96. The first-order valence-corrected chi connectivity index (χ1v) is 6.76. The molecule has 1 aromatic heterocycles. The summed E-state index contributed by atoms with van der Waals surface area (Å²) < 4.78 is 8.47. The number of rotatable bonds is 5. The maximum atomic E-state index is 5.63. The summed E-state index contributed by atoms with van der Waals surface area (Å²) >= 11 is 3.50. The highest BCUT2D eigenvalue weighted by Gasteiger charge is 2.21. The Bertz CT molecular complexity index is 343. The van der Waals surface area contributed by atoms with Gasteiger partial charge in [-0.2, -0.15) is 5.10 Å². The monoisotopic (exact) mass is 302 g/mol. The van der Waals surface area contributed by atoms with Gasteiger partial charge in [-0.15, -0.1) is 0 Å². The molecule has 1 fully saturated rings. The van der Waals surface area contributed by atoms with E-state index < -0.39 is 0 Å². The fourth-order valence-electron chi connectivity index (χ4n) is 2.34. The molecule has 3 N–H and O–H groups in total. The number of aryl methyl sites for hydroxylation is 1. The first-order chi connectivity index (χ1) is 8.22. The molecule has 1 aliphatic heterocycles. The lowest BCUT2D eigenvalue weighted by Gasteiger charge is -2.18. The van der Waals surface area contributed by atoms with Crippen molar-refractivity contribution in [2.45, 2.75) is 37.8 Å². The quantitative estimate of drug-likeness (QED) is 0.641. The van der Waals surface area contributed by atoms with Gasteiger partial charge in [0.05, 0.1) is 28.5 Å². The van der Waals surface area contributed by atoms with Crippen molar-refractivity contribution in [3.8, 4) is 0 Å². The standard InChI is InChI=1S/C11H19BrN4O/c1-16-11(9(12)7-14-16)10(15-13)5-4-8-3-2-6-17-8/h7-8,10,15H,2-6,13H2,1H3. The molecule has 5 nitrogen and oxygen atoms in total. The van der Waals surface area contributed by atoms with E-state index in [0.29, 0.717) is 6.10 Å². The van der Waals surface area contributed by atoms with E-state index in [2.05, 4.69) is 26.5 Å². The summed E-state index contributed by atoms with van der Waals surface area (Å²) in [5.41, 5.74) is 3.95. The molecule has 0 saturated carbocycles. The van der Waals surface area contributed by atoms with Crippen molar-refractivity contribution in [3.05, 3.63) is 16.4 Å². The molecule has 2 rings (SSSR count). The second-order valence-corrected chi connectivity index (χ2v) is 5.29. The lowest BCUT2D eigenvalue weighted by atomic mass is 10.0. The summed E-state index contributed by atoms with van der Waals surface area (Å²) in [6.07, 6.45) is 6.54. The van der Waals surface area contributed by atoms with Gasteiger partial charge in [0.2, 0.25) is 0 Å². The Kier molecular flexibility index (Phi) is 4.55. The Labute approximate surface area is 110 Å². The predicted octanol–water partition coefficient (Wildman–Crippen LogP) is 1.65. The second-order valence-electron chi connectivity index (χ2n) is 4.43. The first kappa shape index (κ1) is 13.0. The van der Waals surface area contributed by atoms with Crippen molar-refractivity contribution in [1.82, 2.24) is 15.2 Å². The zero-order chi connectivity index (χ0) is 12.3. The molecular formula is C11H19BrN4O. The van der Waals surface area contributed by atoms with E-state index >= 15 is 0 Å². The molecule has 2 heterocycles. The predicted molar refractivity (Wildman–Crippen MR) is 69.2 cm³/mol. The van der Waals surface area contributed by atoms with Crippen LogP contribution in [-0.4, -0.2) is 22.5 Å². The van der Waals surface area contributed by atoms with Gasteiger partial charge in [-0.25, -0.2) is 0 Å². The van der Waals surface area contributed by atoms with Crippen LogP contribution in [0.1, 0.15) is 37.4 Å². The third kappa shape index (κ3) is 3.07. The summed E-state index contributed by atoms with van der Waals surface area (Å²) in [4.78, 5) is 0. The summed E-state index contributed by atoms with van der Waals surface area (Å²) in [6, 6.07) is 0.112. The molecule has 17 heavy (non-hydrogen) atoms. The van der Waals surface area contributed by atoms with Gasteiger partial charge in [-0.05, 0) is 41.6 Å². The Morgan fingerprint density at radius 3 is 3.12 bits per heavy atom. The van der Waals surface area contributed by atoms with E-state index in [4.69, 9.17) is 10.6 Å². The molecule has 0 bridgehead atoms. The van der Waals surface area contributed by atoms with Crippen LogP contribution in [0.4, 0.5) is 0 Å². The van der Waals surface area contributed by atoms with Crippen LogP contribution in [0.15, 0.2) is 10.7 Å². The molecular weight excluding hydrogens is 284 g/mol. The van der Waals surface area contributed by atoms with Crippen molar-refractivity contribution in [2.75, 3.05) is 6.61 Å². The van der Waals surface area contributed by atoms with E-state index in [9.17, 15) is 0 Å². The number of hydrazine groups is 1. The number of aromatic nitrogens is 2. The van der Waals surface area contributed by atoms with Crippen LogP contribution < -0.4 is 11.3 Å². The molecule has 2 atom stereocenters. The Hall–Kier alpha value is -0.430. The number of ether oxygens (including phenoxy) is 1. The summed E-state index contributed by atoms with van der Waals surface area (Å²) in [7, 11) is 1.93. The topological polar surface area (TPSA) is 65.1 Å². The van der Waals surface area contributed by atoms with E-state index in [-0.39, 0.29) is 6.04 Å². The van der Waals surface area contributed by atoms with Crippen molar-refractivity contribution >= 4 is 15.9 Å².